The third kappa shape index (κ3) is 39.0. The Kier molecular flexibility index (Phi) is 39.3. The van der Waals surface area contributed by atoms with Crippen LogP contribution in [0.1, 0.15) is 136 Å². The number of ether oxygens (including phenoxy) is 3. The van der Waals surface area contributed by atoms with Crippen LogP contribution < -0.4 is 74.2 Å². The van der Waals surface area contributed by atoms with Crippen molar-refractivity contribution in [1.82, 2.24) is 5.32 Å². The van der Waals surface area contributed by atoms with E-state index in [1.807, 2.05) is 0 Å². The van der Waals surface area contributed by atoms with Crippen LogP contribution in [0.2, 0.25) is 0 Å². The monoisotopic (exact) mass is 639 g/mol. The molecule has 1 N–H and O–H groups in total. The summed E-state index contributed by atoms with van der Waals surface area (Å²) in [5, 5.41) is 2.82. The van der Waals surface area contributed by atoms with Crippen LogP contribution >= 0.6 is 7.82 Å². The van der Waals surface area contributed by atoms with Crippen LogP contribution in [0, 0.1) is 0 Å². The molecule has 0 saturated carbocycles. The van der Waals surface area contributed by atoms with Gasteiger partial charge in [-0.1, -0.05) is 103 Å². The van der Waals surface area contributed by atoms with Crippen LogP contribution in [0.5, 0.6) is 0 Å². The van der Waals surface area contributed by atoms with Crippen molar-refractivity contribution in [3.05, 3.63) is 0 Å². The van der Waals surface area contributed by atoms with Crippen LogP contribution in [0.25, 0.3) is 0 Å². The molecule has 0 aliphatic heterocycles. The molecular formula is C29H56NNa2O9P. The summed E-state index contributed by atoms with van der Waals surface area (Å²) in [5.74, 6) is -0.423. The fourth-order valence-electron chi connectivity index (χ4n) is 4.24. The van der Waals surface area contributed by atoms with Gasteiger partial charge < -0.3 is 38.4 Å². The molecule has 0 spiro atoms. The molecule has 0 fully saturated rings. The van der Waals surface area contributed by atoms with Crippen LogP contribution in [-0.4, -0.2) is 51.1 Å². The van der Waals surface area contributed by atoms with E-state index in [0.717, 1.165) is 57.9 Å². The van der Waals surface area contributed by atoms with Crippen molar-refractivity contribution in [3.63, 3.8) is 0 Å². The first-order valence-corrected chi connectivity index (χ1v) is 17.0. The standard InChI is InChI=1S/C29H58NO9P.2Na/c1-3-4-5-6-7-12-15-18-21-29(32)39-28(25-38-40(33,34)35)24-37-26-36-23-20-17-14-11-9-8-10-13-16-19-22-30-27(2)31;;/h28H,3-26H2,1-2H3,(H,30,31)(H2,33,34,35);;/q;2*+1/p-2/t28-;;/m0../s1. The molecule has 10 nitrogen and oxygen atoms in total. The van der Waals surface area contributed by atoms with Crippen LogP contribution in [0.4, 0.5) is 0 Å². The van der Waals surface area contributed by atoms with Crippen LogP contribution in [-0.2, 0) is 32.9 Å². The van der Waals surface area contributed by atoms with Crippen LogP contribution in [0.3, 0.4) is 0 Å². The van der Waals surface area contributed by atoms with Crippen LogP contribution in [0.15, 0.2) is 0 Å². The quantitative estimate of drug-likeness (QED) is 0.0355. The summed E-state index contributed by atoms with van der Waals surface area (Å²) in [6.07, 6.45) is 19.5. The number of amides is 1. The number of carbonyl (C=O) groups is 2. The predicted octanol–water partition coefficient (Wildman–Crippen LogP) is -0.690. The molecule has 0 radical (unpaired) electrons. The molecule has 0 aliphatic rings. The Morgan fingerprint density at radius 2 is 1.21 bits per heavy atom. The summed E-state index contributed by atoms with van der Waals surface area (Å²) in [6, 6.07) is 0. The third-order valence-corrected chi connectivity index (χ3v) is 6.98. The van der Waals surface area contributed by atoms with Gasteiger partial charge in [-0.2, -0.15) is 0 Å². The van der Waals surface area contributed by atoms with E-state index in [-0.39, 0.29) is 84.8 Å². The average molecular weight is 640 g/mol. The Bertz CT molecular complexity index is 657. The predicted molar refractivity (Wildman–Crippen MR) is 152 cm³/mol. The molecule has 0 saturated heterocycles. The topological polar surface area (TPSA) is 146 Å². The van der Waals surface area contributed by atoms with E-state index in [2.05, 4.69) is 16.8 Å². The van der Waals surface area contributed by atoms with Gasteiger partial charge in [-0.05, 0) is 19.3 Å². The summed E-state index contributed by atoms with van der Waals surface area (Å²) in [6.45, 7) is 4.36. The number of carbonyl (C=O) groups excluding carboxylic acids is 2. The number of hydrogen-bond donors (Lipinski definition) is 1. The summed E-state index contributed by atoms with van der Waals surface area (Å²) in [7, 11) is -5.17. The Hall–Kier alpha value is 0.970. The summed E-state index contributed by atoms with van der Waals surface area (Å²) < 4.78 is 31.3. The average Bonchev–Trinajstić information content (AvgIpc) is 2.89. The first-order valence-electron chi connectivity index (χ1n) is 15.5. The van der Waals surface area contributed by atoms with E-state index >= 15 is 0 Å². The number of rotatable bonds is 30. The summed E-state index contributed by atoms with van der Waals surface area (Å²) in [5.41, 5.74) is 0. The van der Waals surface area contributed by atoms with Gasteiger partial charge in [-0.3, -0.25) is 9.59 Å². The smallest absolute Gasteiger partial charge is 0.790 e. The minimum atomic E-state index is -5.17. The number of phosphoric ester groups is 1. The van der Waals surface area contributed by atoms with Crippen molar-refractivity contribution in [2.45, 2.75) is 142 Å². The fourth-order valence-corrected chi connectivity index (χ4v) is 4.59. The van der Waals surface area contributed by atoms with Crippen molar-refractivity contribution in [1.29, 1.82) is 0 Å². The van der Waals surface area contributed by atoms with Gasteiger partial charge >= 0.3 is 65.1 Å². The molecule has 0 rings (SSSR count). The van der Waals surface area contributed by atoms with Gasteiger partial charge in [0.15, 0.2) is 0 Å². The molecular weight excluding hydrogens is 583 g/mol. The number of hydrogen-bond acceptors (Lipinski definition) is 9. The van der Waals surface area contributed by atoms with E-state index in [1.54, 1.807) is 6.92 Å². The number of esters is 1. The zero-order valence-electron chi connectivity index (χ0n) is 27.2. The maximum atomic E-state index is 12.1. The first kappa shape index (κ1) is 47.4. The second-order valence-corrected chi connectivity index (χ2v) is 11.6. The Labute approximate surface area is 299 Å². The van der Waals surface area contributed by atoms with E-state index in [4.69, 9.17) is 14.2 Å². The molecule has 1 atom stereocenters. The number of phosphoric acid groups is 1. The van der Waals surface area contributed by atoms with Gasteiger partial charge in [-0.15, -0.1) is 0 Å². The molecule has 13 heteroatoms. The van der Waals surface area contributed by atoms with Gasteiger partial charge in [0.2, 0.25) is 5.91 Å². The van der Waals surface area contributed by atoms with Crippen molar-refractivity contribution < 1.29 is 102 Å². The second-order valence-electron chi connectivity index (χ2n) is 10.5. The SMILES string of the molecule is CCCCCCCCCCC(=O)O[C@@H](COCOCCCCCCCCCCCCNC(C)=O)COP(=O)([O-])[O-].[Na+].[Na+]. The molecule has 0 unspecified atom stereocenters. The van der Waals surface area contributed by atoms with Gasteiger partial charge in [-0.25, -0.2) is 0 Å². The molecule has 42 heavy (non-hydrogen) atoms. The van der Waals surface area contributed by atoms with Gasteiger partial charge in [0, 0.05) is 26.5 Å². The molecule has 0 aromatic carbocycles. The Balaban J connectivity index is -0.00000760. The second kappa shape index (κ2) is 34.8. The number of nitrogens with one attached hydrogen (secondary N) is 1. The van der Waals surface area contributed by atoms with Crippen molar-refractivity contribution in [2.24, 2.45) is 0 Å². The molecule has 0 aromatic heterocycles. The molecule has 0 aromatic rings. The summed E-state index contributed by atoms with van der Waals surface area (Å²) in [4.78, 5) is 44.6. The minimum absolute atomic E-state index is 0. The molecule has 0 heterocycles. The number of unbranched alkanes of at least 4 members (excludes halogenated alkanes) is 16. The normalized spacial score (nSPS) is 11.8. The van der Waals surface area contributed by atoms with Gasteiger partial charge in [0.05, 0.1) is 21.0 Å². The maximum absolute atomic E-state index is 12.1. The van der Waals surface area contributed by atoms with Gasteiger partial charge in [0.1, 0.15) is 12.9 Å². The van der Waals surface area contributed by atoms with E-state index < -0.39 is 26.5 Å². The first-order chi connectivity index (χ1) is 19.2. The molecule has 0 bridgehead atoms. The zero-order chi connectivity index (χ0) is 29.7. The van der Waals surface area contributed by atoms with E-state index in [1.165, 1.54) is 57.8 Å². The summed E-state index contributed by atoms with van der Waals surface area (Å²) >= 11 is 0. The van der Waals surface area contributed by atoms with E-state index in [0.29, 0.717) is 13.0 Å². The molecule has 1 amide bonds. The maximum Gasteiger partial charge on any atom is 1.00 e. The molecule has 238 valence electrons. The van der Waals surface area contributed by atoms with Crippen molar-refractivity contribution in [3.8, 4) is 0 Å². The fraction of sp³-hybridized carbons (Fsp3) is 0.931. The van der Waals surface area contributed by atoms with Crippen molar-refractivity contribution >= 4 is 19.7 Å². The third-order valence-electron chi connectivity index (χ3n) is 6.51. The zero-order valence-corrected chi connectivity index (χ0v) is 32.1. The largest absolute Gasteiger partial charge is 1.00 e. The van der Waals surface area contributed by atoms with E-state index in [9.17, 15) is 23.9 Å². The Morgan fingerprint density at radius 1 is 0.714 bits per heavy atom. The van der Waals surface area contributed by atoms with Crippen molar-refractivity contribution in [2.75, 3.05) is 33.2 Å². The Morgan fingerprint density at radius 3 is 1.74 bits per heavy atom. The molecule has 0 aliphatic carbocycles. The van der Waals surface area contributed by atoms with Gasteiger partial charge in [0.25, 0.3) is 0 Å². The minimum Gasteiger partial charge on any atom is -0.790 e.